The van der Waals surface area contributed by atoms with Crippen molar-refractivity contribution in [3.8, 4) is 0 Å². The lowest BCUT2D eigenvalue weighted by Crippen LogP contribution is -2.28. The summed E-state index contributed by atoms with van der Waals surface area (Å²) < 4.78 is 4.01. The van der Waals surface area contributed by atoms with E-state index in [0.29, 0.717) is 16.4 Å². The Hall–Kier alpha value is -2.41. The number of hydrogen-bond donors (Lipinski definition) is 2. The molecule has 2 aromatic rings. The van der Waals surface area contributed by atoms with Crippen molar-refractivity contribution < 1.29 is 14.7 Å². The van der Waals surface area contributed by atoms with Gasteiger partial charge in [0.1, 0.15) is 10.6 Å². The maximum absolute atomic E-state index is 12.3. The molecule has 7 heteroatoms. The van der Waals surface area contributed by atoms with Crippen LogP contribution in [0.5, 0.6) is 0 Å². The summed E-state index contributed by atoms with van der Waals surface area (Å²) in [6.45, 7) is 1.61. The highest BCUT2D eigenvalue weighted by molar-refractivity contribution is 7.11. The van der Waals surface area contributed by atoms with Crippen LogP contribution in [0, 0.1) is 6.92 Å². The summed E-state index contributed by atoms with van der Waals surface area (Å²) in [4.78, 5) is 24.8. The molecule has 0 atom stereocenters. The number of hydrogen-bond acceptors (Lipinski definition) is 5. The summed E-state index contributed by atoms with van der Waals surface area (Å²) in [5.74, 6) is -1.28. The second-order valence-corrected chi connectivity index (χ2v) is 5.38. The zero-order chi connectivity index (χ0) is 15.6. The van der Waals surface area contributed by atoms with Crippen molar-refractivity contribution >= 4 is 34.1 Å². The van der Waals surface area contributed by atoms with Gasteiger partial charge in [0.15, 0.2) is 0 Å². The number of carbonyl (C=O) groups is 2. The molecule has 21 heavy (non-hydrogen) atoms. The van der Waals surface area contributed by atoms with Crippen molar-refractivity contribution in [3.63, 3.8) is 0 Å². The lowest BCUT2D eigenvalue weighted by molar-refractivity contribution is -0.117. The number of nitrogens with two attached hydrogens (primary N) is 1. The number of benzene rings is 1. The number of amides is 1. The number of carboxylic acids is 1. The third-order valence-corrected chi connectivity index (χ3v) is 4.09. The molecule has 0 aliphatic heterocycles. The topological polar surface area (TPSA) is 96.5 Å². The van der Waals surface area contributed by atoms with Crippen LogP contribution in [0.3, 0.4) is 0 Å². The summed E-state index contributed by atoms with van der Waals surface area (Å²) in [6, 6.07) is 7.00. The highest BCUT2D eigenvalue weighted by Crippen LogP contribution is 2.28. The molecule has 0 aliphatic carbocycles. The van der Waals surface area contributed by atoms with Gasteiger partial charge in [0, 0.05) is 12.7 Å². The van der Waals surface area contributed by atoms with Gasteiger partial charge in [-0.25, -0.2) is 4.79 Å². The summed E-state index contributed by atoms with van der Waals surface area (Å²) in [6.07, 6.45) is 0.173. The predicted molar refractivity (Wildman–Crippen MR) is 81.8 cm³/mol. The standard InChI is InChI=1S/C14H15N3O3S/c1-8-12(14(19)20)13(21-16-8)17(2)11(18)7-9-3-5-10(15)6-4-9/h3-6H,7,15H2,1-2H3,(H,19,20). The fourth-order valence-corrected chi connectivity index (χ4v) is 2.74. The molecule has 3 N–H and O–H groups in total. The highest BCUT2D eigenvalue weighted by Gasteiger charge is 2.23. The highest BCUT2D eigenvalue weighted by atomic mass is 32.1. The van der Waals surface area contributed by atoms with Gasteiger partial charge < -0.3 is 15.7 Å². The van der Waals surface area contributed by atoms with Crippen LogP contribution in [0.1, 0.15) is 21.6 Å². The molecule has 1 heterocycles. The first kappa shape index (κ1) is 15.0. The number of anilines is 2. The average Bonchev–Trinajstić information content (AvgIpc) is 2.82. The van der Waals surface area contributed by atoms with Gasteiger partial charge in [-0.3, -0.25) is 4.79 Å². The van der Waals surface area contributed by atoms with Crippen molar-refractivity contribution in [1.29, 1.82) is 0 Å². The fraction of sp³-hybridized carbons (Fsp3) is 0.214. The Kier molecular flexibility index (Phi) is 4.23. The molecule has 1 aromatic carbocycles. The summed E-state index contributed by atoms with van der Waals surface area (Å²) in [7, 11) is 1.55. The van der Waals surface area contributed by atoms with Crippen molar-refractivity contribution in [3.05, 3.63) is 41.1 Å². The quantitative estimate of drug-likeness (QED) is 0.841. The van der Waals surface area contributed by atoms with Gasteiger partial charge in [0.05, 0.1) is 12.1 Å². The summed E-state index contributed by atoms with van der Waals surface area (Å²) in [5.41, 5.74) is 7.53. The largest absolute Gasteiger partial charge is 0.478 e. The molecule has 0 radical (unpaired) electrons. The number of likely N-dealkylation sites (N-methyl/N-ethyl adjacent to an activating group) is 1. The van der Waals surface area contributed by atoms with Crippen molar-refractivity contribution in [2.75, 3.05) is 17.7 Å². The second-order valence-electron chi connectivity index (χ2n) is 4.62. The van der Waals surface area contributed by atoms with Crippen molar-refractivity contribution in [2.45, 2.75) is 13.3 Å². The first-order valence-corrected chi connectivity index (χ1v) is 6.98. The van der Waals surface area contributed by atoms with Crippen LogP contribution < -0.4 is 10.6 Å². The number of rotatable bonds is 4. The summed E-state index contributed by atoms with van der Waals surface area (Å²) in [5, 5.41) is 9.55. The van der Waals surface area contributed by atoms with E-state index in [1.807, 2.05) is 0 Å². The van der Waals surface area contributed by atoms with E-state index in [1.165, 1.54) is 4.90 Å². The zero-order valence-electron chi connectivity index (χ0n) is 11.7. The van der Waals surface area contributed by atoms with E-state index in [-0.39, 0.29) is 17.9 Å². The van der Waals surface area contributed by atoms with E-state index in [4.69, 9.17) is 5.73 Å². The molecule has 0 fully saturated rings. The maximum atomic E-state index is 12.3. The van der Waals surface area contributed by atoms with Gasteiger partial charge in [0.25, 0.3) is 0 Å². The normalized spacial score (nSPS) is 10.4. The second kappa shape index (κ2) is 5.92. The lowest BCUT2D eigenvalue weighted by Gasteiger charge is -2.16. The Labute approximate surface area is 126 Å². The minimum atomic E-state index is -1.08. The molecule has 0 saturated carbocycles. The van der Waals surface area contributed by atoms with Crippen LogP contribution in [0.15, 0.2) is 24.3 Å². The van der Waals surface area contributed by atoms with Crippen molar-refractivity contribution in [1.82, 2.24) is 4.37 Å². The molecule has 1 amide bonds. The molecule has 0 unspecified atom stereocenters. The summed E-state index contributed by atoms with van der Waals surface area (Å²) >= 11 is 1.01. The van der Waals surface area contributed by atoms with E-state index in [0.717, 1.165) is 17.1 Å². The third-order valence-electron chi connectivity index (χ3n) is 3.07. The molecular formula is C14H15N3O3S. The Balaban J connectivity index is 2.20. The first-order chi connectivity index (χ1) is 9.90. The smallest absolute Gasteiger partial charge is 0.340 e. The zero-order valence-corrected chi connectivity index (χ0v) is 12.5. The number of aromatic carboxylic acids is 1. The monoisotopic (exact) mass is 305 g/mol. The Morgan fingerprint density at radius 3 is 2.52 bits per heavy atom. The number of aromatic nitrogens is 1. The van der Waals surface area contributed by atoms with Gasteiger partial charge in [-0.2, -0.15) is 4.37 Å². The van der Waals surface area contributed by atoms with Crippen LogP contribution in [0.2, 0.25) is 0 Å². The number of aryl methyl sites for hydroxylation is 1. The average molecular weight is 305 g/mol. The molecule has 1 aromatic heterocycles. The molecule has 6 nitrogen and oxygen atoms in total. The number of nitrogen functional groups attached to an aromatic ring is 1. The van der Waals surface area contributed by atoms with Gasteiger partial charge in [-0.15, -0.1) is 0 Å². The van der Waals surface area contributed by atoms with Gasteiger partial charge in [-0.05, 0) is 36.2 Å². The minimum absolute atomic E-state index is 0.0770. The van der Waals surface area contributed by atoms with Crippen LogP contribution in [0.25, 0.3) is 0 Å². The first-order valence-electron chi connectivity index (χ1n) is 6.20. The molecule has 110 valence electrons. The lowest BCUT2D eigenvalue weighted by atomic mass is 10.1. The molecule has 0 spiro atoms. The number of carbonyl (C=O) groups excluding carboxylic acids is 1. The Morgan fingerprint density at radius 2 is 1.95 bits per heavy atom. The van der Waals surface area contributed by atoms with E-state index in [9.17, 15) is 14.7 Å². The molecule has 0 bridgehead atoms. The van der Waals surface area contributed by atoms with E-state index >= 15 is 0 Å². The van der Waals surface area contributed by atoms with Gasteiger partial charge >= 0.3 is 5.97 Å². The van der Waals surface area contributed by atoms with Gasteiger partial charge in [0.2, 0.25) is 5.91 Å². The molecule has 0 aliphatic rings. The Bertz CT molecular complexity index is 679. The van der Waals surface area contributed by atoms with Crippen LogP contribution in [0.4, 0.5) is 10.7 Å². The van der Waals surface area contributed by atoms with Crippen LogP contribution in [-0.2, 0) is 11.2 Å². The molecular weight excluding hydrogens is 290 g/mol. The van der Waals surface area contributed by atoms with Gasteiger partial charge in [-0.1, -0.05) is 12.1 Å². The predicted octanol–water partition coefficient (Wildman–Crippen LogP) is 1.94. The fourth-order valence-electron chi connectivity index (χ4n) is 1.87. The molecule has 0 saturated heterocycles. The molecule has 2 rings (SSSR count). The number of carboxylic acid groups (broad SMARTS) is 1. The van der Waals surface area contributed by atoms with Crippen LogP contribution in [-0.4, -0.2) is 28.4 Å². The SMILES string of the molecule is Cc1nsc(N(C)C(=O)Cc2ccc(N)cc2)c1C(=O)O. The van der Waals surface area contributed by atoms with Crippen LogP contribution >= 0.6 is 11.5 Å². The Morgan fingerprint density at radius 1 is 1.33 bits per heavy atom. The number of nitrogens with zero attached hydrogens (tertiary/aromatic N) is 2. The maximum Gasteiger partial charge on any atom is 0.340 e. The van der Waals surface area contributed by atoms with E-state index < -0.39 is 5.97 Å². The van der Waals surface area contributed by atoms with E-state index in [1.54, 1.807) is 38.2 Å². The van der Waals surface area contributed by atoms with Crippen molar-refractivity contribution in [2.24, 2.45) is 0 Å². The third kappa shape index (κ3) is 3.19. The minimum Gasteiger partial charge on any atom is -0.478 e. The van der Waals surface area contributed by atoms with E-state index in [2.05, 4.69) is 4.37 Å².